The second kappa shape index (κ2) is 10.2. The lowest BCUT2D eigenvalue weighted by atomic mass is 10.0. The van der Waals surface area contributed by atoms with Crippen LogP contribution in [0.25, 0.3) is 17.0 Å². The molecule has 0 radical (unpaired) electrons. The van der Waals surface area contributed by atoms with Crippen molar-refractivity contribution in [2.24, 2.45) is 0 Å². The number of aromatic nitrogens is 1. The lowest BCUT2D eigenvalue weighted by Gasteiger charge is -2.24. The number of hydrogen-bond donors (Lipinski definition) is 3. The Bertz CT molecular complexity index is 1570. The Hall–Kier alpha value is -3.88. The molecule has 0 saturated carbocycles. The van der Waals surface area contributed by atoms with Gasteiger partial charge < -0.3 is 14.8 Å². The van der Waals surface area contributed by atoms with Gasteiger partial charge in [-0.05, 0) is 71.5 Å². The lowest BCUT2D eigenvalue weighted by Crippen LogP contribution is -2.40. The molecule has 3 aromatic carbocycles. The molecule has 0 aliphatic heterocycles. The maximum atomic E-state index is 13.8. The van der Waals surface area contributed by atoms with Crippen molar-refractivity contribution in [3.63, 3.8) is 0 Å². The van der Waals surface area contributed by atoms with Gasteiger partial charge in [-0.25, -0.2) is 13.2 Å². The fraction of sp³-hybridized carbons (Fsp3) is 0.207. The van der Waals surface area contributed by atoms with E-state index in [2.05, 4.69) is 15.0 Å². The molecule has 7 nitrogen and oxygen atoms in total. The predicted octanol–water partition coefficient (Wildman–Crippen LogP) is 4.68. The summed E-state index contributed by atoms with van der Waals surface area (Å²) in [5.74, 6) is -0.401. The van der Waals surface area contributed by atoms with Crippen LogP contribution < -0.4 is 5.32 Å². The van der Waals surface area contributed by atoms with Crippen LogP contribution in [0, 0.1) is 0 Å². The van der Waals surface area contributed by atoms with Gasteiger partial charge in [-0.15, -0.1) is 0 Å². The number of methoxy groups -OCH3 is 1. The second-order valence-electron chi connectivity index (χ2n) is 9.16. The average Bonchev–Trinajstić information content (AvgIpc) is 3.51. The van der Waals surface area contributed by atoms with E-state index in [0.29, 0.717) is 0 Å². The monoisotopic (exact) mass is 516 g/mol. The molecule has 0 bridgehead atoms. The van der Waals surface area contributed by atoms with Crippen molar-refractivity contribution in [2.75, 3.05) is 7.11 Å². The number of phenolic OH excluding ortho intramolecular Hbond substituents is 1. The number of para-hydroxylation sites is 1. The second-order valence-corrected chi connectivity index (χ2v) is 11.3. The normalized spacial score (nSPS) is 16.2. The number of fused-ring (bicyclic) bond motifs is 2. The molecule has 37 heavy (non-hydrogen) atoms. The maximum absolute atomic E-state index is 13.8. The number of ether oxygens (including phenoxy) is 1. The molecule has 1 aliphatic carbocycles. The first-order chi connectivity index (χ1) is 17.8. The van der Waals surface area contributed by atoms with Crippen LogP contribution in [0.4, 0.5) is 0 Å². The Balaban J connectivity index is 1.46. The summed E-state index contributed by atoms with van der Waals surface area (Å²) in [6.45, 7) is 0. The van der Waals surface area contributed by atoms with E-state index in [1.807, 2.05) is 48.7 Å². The molecule has 4 aromatic rings. The predicted molar refractivity (Wildman–Crippen MR) is 143 cm³/mol. The van der Waals surface area contributed by atoms with E-state index in [9.17, 15) is 18.3 Å². The quantitative estimate of drug-likeness (QED) is 0.232. The first-order valence-corrected chi connectivity index (χ1v) is 13.6. The molecule has 0 amide bonds. The van der Waals surface area contributed by atoms with E-state index in [1.54, 1.807) is 6.08 Å². The van der Waals surface area contributed by atoms with Crippen molar-refractivity contribution in [3.8, 4) is 5.75 Å². The molecule has 2 unspecified atom stereocenters. The zero-order valence-electron chi connectivity index (χ0n) is 20.3. The number of H-pyrrole nitrogens is 1. The summed E-state index contributed by atoms with van der Waals surface area (Å²) in [6, 6.07) is 19.3. The minimum Gasteiger partial charge on any atom is -0.508 e. The van der Waals surface area contributed by atoms with Gasteiger partial charge in [0.05, 0.1) is 12.0 Å². The molecule has 1 heterocycles. The number of sulfone groups is 1. The SMILES string of the molecule is COC(=O)C=Cc1ccc2c(c1)CCC2NC(Cc1c[nH]c2ccccc12)S(=O)(=O)c1ccc(O)cc1. The summed E-state index contributed by atoms with van der Waals surface area (Å²) in [7, 11) is -2.44. The van der Waals surface area contributed by atoms with E-state index in [4.69, 9.17) is 0 Å². The Morgan fingerprint density at radius 1 is 1.16 bits per heavy atom. The first kappa shape index (κ1) is 24.8. The summed E-state index contributed by atoms with van der Waals surface area (Å²) in [5.41, 5.74) is 4.93. The zero-order valence-corrected chi connectivity index (χ0v) is 21.2. The third-order valence-corrected chi connectivity index (χ3v) is 8.85. The Morgan fingerprint density at radius 3 is 2.73 bits per heavy atom. The van der Waals surface area contributed by atoms with E-state index in [0.717, 1.165) is 46.0 Å². The number of carbonyl (C=O) groups excluding carboxylic acids is 1. The Labute approximate surface area is 215 Å². The number of aromatic hydroxyl groups is 1. The average molecular weight is 517 g/mol. The molecule has 1 aliphatic rings. The maximum Gasteiger partial charge on any atom is 0.330 e. The van der Waals surface area contributed by atoms with E-state index in [-0.39, 0.29) is 23.1 Å². The Morgan fingerprint density at radius 2 is 1.95 bits per heavy atom. The van der Waals surface area contributed by atoms with E-state index in [1.165, 1.54) is 37.5 Å². The van der Waals surface area contributed by atoms with Crippen LogP contribution in [-0.4, -0.2) is 37.0 Å². The number of phenols is 1. The molecule has 8 heteroatoms. The Kier molecular flexibility index (Phi) is 6.86. The topological polar surface area (TPSA) is 108 Å². The van der Waals surface area contributed by atoms with Crippen molar-refractivity contribution in [1.82, 2.24) is 10.3 Å². The van der Waals surface area contributed by atoms with Gasteiger partial charge in [0.2, 0.25) is 0 Å². The van der Waals surface area contributed by atoms with Gasteiger partial charge in [-0.2, -0.15) is 0 Å². The van der Waals surface area contributed by atoms with E-state index < -0.39 is 21.2 Å². The number of carbonyl (C=O) groups is 1. The fourth-order valence-electron chi connectivity index (χ4n) is 4.93. The van der Waals surface area contributed by atoms with Crippen molar-refractivity contribution in [1.29, 1.82) is 0 Å². The minimum atomic E-state index is -3.78. The number of benzene rings is 3. The van der Waals surface area contributed by atoms with Gasteiger partial charge in [0.15, 0.2) is 9.84 Å². The summed E-state index contributed by atoms with van der Waals surface area (Å²) in [4.78, 5) is 14.8. The van der Waals surface area contributed by atoms with Crippen LogP contribution in [0.15, 0.2) is 83.9 Å². The zero-order chi connectivity index (χ0) is 26.0. The van der Waals surface area contributed by atoms with Gasteiger partial charge in [0.1, 0.15) is 11.1 Å². The summed E-state index contributed by atoms with van der Waals surface area (Å²) >= 11 is 0. The van der Waals surface area contributed by atoms with E-state index >= 15 is 0 Å². The molecule has 190 valence electrons. The van der Waals surface area contributed by atoms with Crippen LogP contribution >= 0.6 is 0 Å². The smallest absolute Gasteiger partial charge is 0.330 e. The highest BCUT2D eigenvalue weighted by atomic mass is 32.2. The van der Waals surface area contributed by atoms with Crippen LogP contribution in [0.2, 0.25) is 0 Å². The van der Waals surface area contributed by atoms with Gasteiger partial charge in [0, 0.05) is 35.6 Å². The van der Waals surface area contributed by atoms with Crippen molar-refractivity contribution < 1.29 is 23.1 Å². The van der Waals surface area contributed by atoms with Gasteiger partial charge in [-0.3, -0.25) is 5.32 Å². The van der Waals surface area contributed by atoms with Crippen LogP contribution in [0.1, 0.15) is 34.7 Å². The molecule has 0 spiro atoms. The summed E-state index contributed by atoms with van der Waals surface area (Å²) < 4.78 is 32.3. The molecular weight excluding hydrogens is 488 g/mol. The van der Waals surface area contributed by atoms with Gasteiger partial charge in [0.25, 0.3) is 0 Å². The first-order valence-electron chi connectivity index (χ1n) is 12.1. The summed E-state index contributed by atoms with van der Waals surface area (Å²) in [6.07, 6.45) is 6.80. The van der Waals surface area contributed by atoms with Crippen LogP contribution in [0.5, 0.6) is 5.75 Å². The van der Waals surface area contributed by atoms with Crippen molar-refractivity contribution in [2.45, 2.75) is 35.6 Å². The number of nitrogens with one attached hydrogen (secondary N) is 2. The highest BCUT2D eigenvalue weighted by Crippen LogP contribution is 2.34. The number of aromatic amines is 1. The minimum absolute atomic E-state index is 0.0156. The third-order valence-electron chi connectivity index (χ3n) is 6.86. The largest absolute Gasteiger partial charge is 0.508 e. The fourth-order valence-corrected chi connectivity index (χ4v) is 6.52. The molecule has 0 fully saturated rings. The molecule has 3 N–H and O–H groups in total. The molecular formula is C29H28N2O5S. The summed E-state index contributed by atoms with van der Waals surface area (Å²) in [5, 5.41) is 13.2. The van der Waals surface area contributed by atoms with Gasteiger partial charge in [-0.1, -0.05) is 36.4 Å². The van der Waals surface area contributed by atoms with Gasteiger partial charge >= 0.3 is 5.97 Å². The number of rotatable bonds is 8. The standard InChI is InChI=1S/C29H28N2O5S/c1-36-29(33)15-7-19-6-13-25-20(16-19)8-14-27(25)31-28(37(34,35)23-11-9-22(32)10-12-23)17-21-18-30-26-5-3-2-4-24(21)26/h2-7,9-13,15-16,18,27-28,30-32H,8,14,17H2,1H3. The number of aryl methyl sites for hydroxylation is 1. The molecule has 1 aromatic heterocycles. The highest BCUT2D eigenvalue weighted by Gasteiger charge is 2.33. The number of esters is 1. The highest BCUT2D eigenvalue weighted by molar-refractivity contribution is 7.92. The van der Waals surface area contributed by atoms with Crippen LogP contribution in [0.3, 0.4) is 0 Å². The van der Waals surface area contributed by atoms with Crippen molar-refractivity contribution in [3.05, 3.63) is 101 Å². The molecule has 5 rings (SSSR count). The molecule has 2 atom stereocenters. The lowest BCUT2D eigenvalue weighted by molar-refractivity contribution is -0.134. The number of hydrogen-bond acceptors (Lipinski definition) is 6. The third kappa shape index (κ3) is 5.16. The molecule has 0 saturated heterocycles. The van der Waals surface area contributed by atoms with Crippen molar-refractivity contribution >= 4 is 32.8 Å². The van der Waals surface area contributed by atoms with Crippen LogP contribution in [-0.2, 0) is 32.2 Å².